The standard InChI is InChI=1S/C31H53NO10/c1-13-29(10,19-40-27(5,6)7)24(34)38-17-30(11,25(35)37-16-14-15-32(22(2)3)23(4)33)18-39-26(36)31(12)20-41-28(8,9)42-21-31/h2,13-21H2,1,3-12H3. The summed E-state index contributed by atoms with van der Waals surface area (Å²) in [6, 6.07) is 0. The number of amides is 1. The summed E-state index contributed by atoms with van der Waals surface area (Å²) in [5.41, 5.74) is -3.42. The highest BCUT2D eigenvalue weighted by atomic mass is 16.7. The van der Waals surface area contributed by atoms with Crippen LogP contribution in [0, 0.1) is 16.2 Å². The van der Waals surface area contributed by atoms with Crippen LogP contribution in [0.2, 0.25) is 0 Å². The van der Waals surface area contributed by atoms with E-state index in [4.69, 9.17) is 28.4 Å². The number of hydrogen-bond acceptors (Lipinski definition) is 10. The Morgan fingerprint density at radius 2 is 1.36 bits per heavy atom. The maximum atomic E-state index is 13.3. The van der Waals surface area contributed by atoms with Gasteiger partial charge in [0.15, 0.2) is 5.79 Å². The smallest absolute Gasteiger partial charge is 0.318 e. The number of hydrogen-bond donors (Lipinski definition) is 0. The first kappa shape index (κ1) is 37.5. The van der Waals surface area contributed by atoms with Crippen molar-refractivity contribution in [3.8, 4) is 0 Å². The minimum absolute atomic E-state index is 0.00600. The predicted molar refractivity (Wildman–Crippen MR) is 156 cm³/mol. The molecular formula is C31H53NO10. The van der Waals surface area contributed by atoms with Crippen LogP contribution in [0.1, 0.15) is 89.0 Å². The molecule has 0 spiro atoms. The van der Waals surface area contributed by atoms with E-state index in [1.165, 1.54) is 18.7 Å². The summed E-state index contributed by atoms with van der Waals surface area (Å²) >= 11 is 0. The van der Waals surface area contributed by atoms with Gasteiger partial charge in [-0.05, 0) is 75.2 Å². The van der Waals surface area contributed by atoms with Crippen LogP contribution in [0.3, 0.4) is 0 Å². The highest BCUT2D eigenvalue weighted by Gasteiger charge is 2.46. The Hall–Kier alpha value is -2.50. The highest BCUT2D eigenvalue weighted by molar-refractivity contribution is 5.81. The van der Waals surface area contributed by atoms with Gasteiger partial charge in [-0.1, -0.05) is 13.5 Å². The molecule has 1 fully saturated rings. The van der Waals surface area contributed by atoms with E-state index in [0.717, 1.165) is 0 Å². The molecule has 11 nitrogen and oxygen atoms in total. The molecule has 0 N–H and O–H groups in total. The lowest BCUT2D eigenvalue weighted by molar-refractivity contribution is -0.281. The van der Waals surface area contributed by atoms with Gasteiger partial charge in [0.2, 0.25) is 5.91 Å². The SMILES string of the molecule is C=C(C)N(CCCOC(=O)C(C)(COC(=O)C(C)(CC)COC(C)(C)C)COC(=O)C1(C)COC(C)(C)OC1)C(C)=O. The van der Waals surface area contributed by atoms with E-state index < -0.39 is 52.1 Å². The van der Waals surface area contributed by atoms with E-state index in [0.29, 0.717) is 25.1 Å². The Morgan fingerprint density at radius 1 is 0.833 bits per heavy atom. The molecule has 0 aromatic carbocycles. The molecule has 0 aliphatic carbocycles. The molecule has 2 unspecified atom stereocenters. The van der Waals surface area contributed by atoms with E-state index in [1.807, 2.05) is 27.7 Å². The van der Waals surface area contributed by atoms with E-state index in [-0.39, 0.29) is 38.9 Å². The van der Waals surface area contributed by atoms with Gasteiger partial charge in [-0.3, -0.25) is 19.2 Å². The average molecular weight is 600 g/mol. The second kappa shape index (κ2) is 14.8. The van der Waals surface area contributed by atoms with Crippen LogP contribution in [-0.4, -0.2) is 86.3 Å². The molecule has 1 aliphatic heterocycles. The van der Waals surface area contributed by atoms with Gasteiger partial charge in [0.1, 0.15) is 24.0 Å². The van der Waals surface area contributed by atoms with Gasteiger partial charge in [0.05, 0.1) is 37.4 Å². The molecule has 11 heteroatoms. The van der Waals surface area contributed by atoms with Crippen LogP contribution in [0.4, 0.5) is 0 Å². The molecule has 1 rings (SSSR count). The first-order valence-corrected chi connectivity index (χ1v) is 14.5. The van der Waals surface area contributed by atoms with Gasteiger partial charge in [-0.25, -0.2) is 0 Å². The predicted octanol–water partition coefficient (Wildman–Crippen LogP) is 4.42. The fourth-order valence-corrected chi connectivity index (χ4v) is 3.68. The lowest BCUT2D eigenvalue weighted by Gasteiger charge is -2.40. The number of allylic oxidation sites excluding steroid dienone is 1. The summed E-state index contributed by atoms with van der Waals surface area (Å²) in [7, 11) is 0. The second-order valence-electron chi connectivity index (χ2n) is 13.5. The van der Waals surface area contributed by atoms with Crippen LogP contribution < -0.4 is 0 Å². The van der Waals surface area contributed by atoms with Gasteiger partial charge < -0.3 is 33.3 Å². The number of carbonyl (C=O) groups excluding carboxylic acids is 4. The molecule has 0 saturated carbocycles. The number of nitrogens with zero attached hydrogens (tertiary/aromatic N) is 1. The molecule has 1 heterocycles. The van der Waals surface area contributed by atoms with Crippen LogP contribution in [0.5, 0.6) is 0 Å². The average Bonchev–Trinajstić information content (AvgIpc) is 2.89. The molecule has 2 atom stereocenters. The van der Waals surface area contributed by atoms with Crippen molar-refractivity contribution in [1.29, 1.82) is 0 Å². The largest absolute Gasteiger partial charge is 0.465 e. The molecule has 1 aliphatic rings. The third-order valence-corrected chi connectivity index (χ3v) is 7.20. The number of esters is 3. The Balaban J connectivity index is 3.01. The summed E-state index contributed by atoms with van der Waals surface area (Å²) in [5.74, 6) is -2.85. The number of rotatable bonds is 15. The van der Waals surface area contributed by atoms with Crippen LogP contribution in [0.25, 0.3) is 0 Å². The fourth-order valence-electron chi connectivity index (χ4n) is 3.68. The number of ether oxygens (including phenoxy) is 6. The topological polar surface area (TPSA) is 127 Å². The molecule has 242 valence electrons. The van der Waals surface area contributed by atoms with Crippen molar-refractivity contribution in [3.05, 3.63) is 12.3 Å². The zero-order valence-corrected chi connectivity index (χ0v) is 27.6. The van der Waals surface area contributed by atoms with Gasteiger partial charge in [0.25, 0.3) is 0 Å². The van der Waals surface area contributed by atoms with Crippen molar-refractivity contribution in [2.45, 2.75) is 100 Å². The molecule has 0 aromatic rings. The van der Waals surface area contributed by atoms with Crippen molar-refractivity contribution in [1.82, 2.24) is 4.90 Å². The van der Waals surface area contributed by atoms with Crippen molar-refractivity contribution in [3.63, 3.8) is 0 Å². The lowest BCUT2D eigenvalue weighted by atomic mass is 9.87. The van der Waals surface area contributed by atoms with E-state index >= 15 is 0 Å². The Kier molecular flexibility index (Phi) is 13.2. The zero-order chi connectivity index (χ0) is 32.6. The third kappa shape index (κ3) is 11.3. The summed E-state index contributed by atoms with van der Waals surface area (Å²) in [6.07, 6.45) is 0.802. The van der Waals surface area contributed by atoms with Crippen molar-refractivity contribution >= 4 is 23.8 Å². The Labute approximate surface area is 251 Å². The molecule has 42 heavy (non-hydrogen) atoms. The molecule has 0 radical (unpaired) electrons. The molecule has 1 saturated heterocycles. The minimum Gasteiger partial charge on any atom is -0.465 e. The third-order valence-electron chi connectivity index (χ3n) is 7.20. The van der Waals surface area contributed by atoms with Gasteiger partial charge >= 0.3 is 17.9 Å². The molecular weight excluding hydrogens is 546 g/mol. The quantitative estimate of drug-likeness (QED) is 0.152. The maximum absolute atomic E-state index is 13.3. The monoisotopic (exact) mass is 599 g/mol. The van der Waals surface area contributed by atoms with Crippen molar-refractivity contribution in [2.24, 2.45) is 16.2 Å². The minimum atomic E-state index is -1.51. The van der Waals surface area contributed by atoms with Gasteiger partial charge in [-0.2, -0.15) is 0 Å². The van der Waals surface area contributed by atoms with Crippen LogP contribution >= 0.6 is 0 Å². The second-order valence-corrected chi connectivity index (χ2v) is 13.5. The normalized spacial score (nSPS) is 19.0. The van der Waals surface area contributed by atoms with Gasteiger partial charge in [-0.15, -0.1) is 0 Å². The Morgan fingerprint density at radius 3 is 1.83 bits per heavy atom. The highest BCUT2D eigenvalue weighted by Crippen LogP contribution is 2.32. The van der Waals surface area contributed by atoms with E-state index in [9.17, 15) is 19.2 Å². The van der Waals surface area contributed by atoms with E-state index in [1.54, 1.807) is 34.6 Å². The Bertz CT molecular complexity index is 961. The fraction of sp³-hybridized carbons (Fsp3) is 0.806. The van der Waals surface area contributed by atoms with Crippen LogP contribution in [0.15, 0.2) is 12.3 Å². The molecule has 1 amide bonds. The maximum Gasteiger partial charge on any atom is 0.318 e. The van der Waals surface area contributed by atoms with Crippen molar-refractivity contribution in [2.75, 3.05) is 46.2 Å². The van der Waals surface area contributed by atoms with Gasteiger partial charge in [0, 0.05) is 19.2 Å². The first-order valence-electron chi connectivity index (χ1n) is 14.5. The molecule has 0 bridgehead atoms. The summed E-state index contributed by atoms with van der Waals surface area (Å²) in [4.78, 5) is 52.9. The van der Waals surface area contributed by atoms with E-state index in [2.05, 4.69) is 6.58 Å². The summed E-state index contributed by atoms with van der Waals surface area (Å²) in [6.45, 7) is 22.7. The summed E-state index contributed by atoms with van der Waals surface area (Å²) in [5, 5.41) is 0. The number of carbonyl (C=O) groups is 4. The molecule has 0 aromatic heterocycles. The van der Waals surface area contributed by atoms with Crippen molar-refractivity contribution < 1.29 is 47.6 Å². The lowest BCUT2D eigenvalue weighted by Crippen LogP contribution is -2.50. The summed E-state index contributed by atoms with van der Waals surface area (Å²) < 4.78 is 33.9. The van der Waals surface area contributed by atoms with Crippen LogP contribution in [-0.2, 0) is 47.6 Å². The zero-order valence-electron chi connectivity index (χ0n) is 27.6. The first-order chi connectivity index (χ1) is 19.1.